The molecule has 6 nitrogen and oxygen atoms in total. The lowest BCUT2D eigenvalue weighted by Gasteiger charge is -2.20. The molecule has 1 aromatic rings. The fraction of sp³-hybridized carbons (Fsp3) is 0.591. The second-order valence-corrected chi connectivity index (χ2v) is 8.01. The van der Waals surface area contributed by atoms with Crippen LogP contribution < -0.4 is 10.6 Å². The molecule has 1 atom stereocenters. The quantitative estimate of drug-likeness (QED) is 0.674. The molecule has 1 aliphatic carbocycles. The Balaban J connectivity index is 1.32. The maximum atomic E-state index is 12.3. The first-order valence-corrected chi connectivity index (χ1v) is 10.5. The summed E-state index contributed by atoms with van der Waals surface area (Å²) in [6.45, 7) is 1.83. The predicted octanol–water partition coefficient (Wildman–Crippen LogP) is 2.24. The molecule has 0 aromatic heterocycles. The SMILES string of the molecule is O=C(CC1CCCCC1)NCCNC(=O)[C@H]1CC(=O)N(Cc2ccccc2)C1. The molecular weight excluding hydrogens is 354 g/mol. The highest BCUT2D eigenvalue weighted by atomic mass is 16.2. The molecule has 152 valence electrons. The number of nitrogens with one attached hydrogen (secondary N) is 2. The molecule has 0 spiro atoms. The van der Waals surface area contributed by atoms with Gasteiger partial charge in [0, 0.05) is 39.0 Å². The van der Waals surface area contributed by atoms with E-state index in [4.69, 9.17) is 0 Å². The van der Waals surface area contributed by atoms with E-state index in [-0.39, 0.29) is 30.1 Å². The topological polar surface area (TPSA) is 78.5 Å². The molecule has 0 bridgehead atoms. The van der Waals surface area contributed by atoms with Gasteiger partial charge in [-0.05, 0) is 24.3 Å². The Morgan fingerprint density at radius 2 is 1.71 bits per heavy atom. The van der Waals surface area contributed by atoms with E-state index in [0.717, 1.165) is 18.4 Å². The molecule has 0 unspecified atom stereocenters. The van der Waals surface area contributed by atoms with Crippen LogP contribution in [0.1, 0.15) is 50.5 Å². The molecular formula is C22H31N3O3. The standard InChI is InChI=1S/C22H31N3O3/c26-20(13-17-7-3-1-4-8-17)23-11-12-24-22(28)19-14-21(27)25(16-19)15-18-9-5-2-6-10-18/h2,5-6,9-10,17,19H,1,3-4,7-8,11-16H2,(H,23,26)(H,24,28)/t19-/m0/s1. The van der Waals surface area contributed by atoms with E-state index in [1.165, 1.54) is 19.3 Å². The fourth-order valence-corrected chi connectivity index (χ4v) is 4.16. The smallest absolute Gasteiger partial charge is 0.225 e. The van der Waals surface area contributed by atoms with E-state index in [2.05, 4.69) is 10.6 Å². The van der Waals surface area contributed by atoms with Crippen LogP contribution >= 0.6 is 0 Å². The van der Waals surface area contributed by atoms with Crippen LogP contribution in [-0.2, 0) is 20.9 Å². The van der Waals surface area contributed by atoms with E-state index < -0.39 is 0 Å². The Bertz CT molecular complexity index is 671. The molecule has 6 heteroatoms. The second kappa shape index (κ2) is 10.2. The first-order chi connectivity index (χ1) is 13.6. The number of amides is 3. The van der Waals surface area contributed by atoms with E-state index in [9.17, 15) is 14.4 Å². The van der Waals surface area contributed by atoms with E-state index >= 15 is 0 Å². The summed E-state index contributed by atoms with van der Waals surface area (Å²) in [5, 5.41) is 5.75. The summed E-state index contributed by atoms with van der Waals surface area (Å²) in [5.74, 6) is 0.194. The van der Waals surface area contributed by atoms with Gasteiger partial charge in [0.15, 0.2) is 0 Å². The number of carbonyl (C=O) groups excluding carboxylic acids is 3. The number of rotatable bonds is 8. The molecule has 2 N–H and O–H groups in total. The highest BCUT2D eigenvalue weighted by Gasteiger charge is 2.34. The average Bonchev–Trinajstić information content (AvgIpc) is 3.07. The lowest BCUT2D eigenvalue weighted by atomic mass is 9.87. The third-order valence-electron chi connectivity index (χ3n) is 5.75. The van der Waals surface area contributed by atoms with Gasteiger partial charge in [-0.15, -0.1) is 0 Å². The Labute approximate surface area is 167 Å². The van der Waals surface area contributed by atoms with Crippen LogP contribution in [0.4, 0.5) is 0 Å². The van der Waals surface area contributed by atoms with Crippen molar-refractivity contribution in [3.05, 3.63) is 35.9 Å². The first kappa shape index (κ1) is 20.4. The van der Waals surface area contributed by atoms with Crippen molar-refractivity contribution >= 4 is 17.7 Å². The van der Waals surface area contributed by atoms with Gasteiger partial charge in [0.2, 0.25) is 17.7 Å². The molecule has 2 fully saturated rings. The first-order valence-electron chi connectivity index (χ1n) is 10.5. The van der Waals surface area contributed by atoms with Crippen LogP contribution in [0.25, 0.3) is 0 Å². The maximum Gasteiger partial charge on any atom is 0.225 e. The molecule has 1 aliphatic heterocycles. The summed E-state index contributed by atoms with van der Waals surface area (Å²) in [5.41, 5.74) is 1.07. The minimum absolute atomic E-state index is 0.0183. The summed E-state index contributed by atoms with van der Waals surface area (Å²) in [7, 11) is 0. The van der Waals surface area contributed by atoms with Gasteiger partial charge >= 0.3 is 0 Å². The molecule has 28 heavy (non-hydrogen) atoms. The summed E-state index contributed by atoms with van der Waals surface area (Å²) < 4.78 is 0. The molecule has 0 radical (unpaired) electrons. The zero-order valence-electron chi connectivity index (χ0n) is 16.5. The van der Waals surface area contributed by atoms with Crippen LogP contribution in [0.5, 0.6) is 0 Å². The largest absolute Gasteiger partial charge is 0.354 e. The van der Waals surface area contributed by atoms with Gasteiger partial charge in [0.25, 0.3) is 0 Å². The van der Waals surface area contributed by atoms with Gasteiger partial charge in [-0.1, -0.05) is 49.6 Å². The summed E-state index contributed by atoms with van der Waals surface area (Å²) >= 11 is 0. The van der Waals surface area contributed by atoms with Gasteiger partial charge in [-0.25, -0.2) is 0 Å². The highest BCUT2D eigenvalue weighted by Crippen LogP contribution is 2.26. The zero-order chi connectivity index (χ0) is 19.8. The number of nitrogens with zero attached hydrogens (tertiary/aromatic N) is 1. The number of hydrogen-bond acceptors (Lipinski definition) is 3. The van der Waals surface area contributed by atoms with Gasteiger partial charge in [0.1, 0.15) is 0 Å². The molecule has 2 aliphatic rings. The number of likely N-dealkylation sites (tertiary alicyclic amines) is 1. The van der Waals surface area contributed by atoms with Gasteiger partial charge in [-0.3, -0.25) is 14.4 Å². The van der Waals surface area contributed by atoms with Crippen molar-refractivity contribution in [1.29, 1.82) is 0 Å². The number of benzene rings is 1. The second-order valence-electron chi connectivity index (χ2n) is 8.01. The molecule has 1 heterocycles. The predicted molar refractivity (Wildman–Crippen MR) is 107 cm³/mol. The van der Waals surface area contributed by atoms with Crippen LogP contribution in [0.15, 0.2) is 30.3 Å². The van der Waals surface area contributed by atoms with Crippen molar-refractivity contribution in [2.75, 3.05) is 19.6 Å². The van der Waals surface area contributed by atoms with Crippen LogP contribution in [0.2, 0.25) is 0 Å². The third-order valence-corrected chi connectivity index (χ3v) is 5.75. The Morgan fingerprint density at radius 3 is 2.46 bits per heavy atom. The van der Waals surface area contributed by atoms with Crippen molar-refractivity contribution in [3.8, 4) is 0 Å². The average molecular weight is 386 g/mol. The minimum atomic E-state index is -0.311. The number of hydrogen-bond donors (Lipinski definition) is 2. The van der Waals surface area contributed by atoms with E-state index in [0.29, 0.717) is 38.5 Å². The molecule has 1 saturated carbocycles. The van der Waals surface area contributed by atoms with Crippen LogP contribution in [0.3, 0.4) is 0 Å². The summed E-state index contributed by atoms with van der Waals surface area (Å²) in [4.78, 5) is 38.3. The fourth-order valence-electron chi connectivity index (χ4n) is 4.16. The van der Waals surface area contributed by atoms with Crippen molar-refractivity contribution in [1.82, 2.24) is 15.5 Å². The van der Waals surface area contributed by atoms with Crippen molar-refractivity contribution in [2.24, 2.45) is 11.8 Å². The molecule has 3 amide bonds. The normalized spacial score (nSPS) is 20.2. The van der Waals surface area contributed by atoms with Gasteiger partial charge < -0.3 is 15.5 Å². The maximum absolute atomic E-state index is 12.3. The van der Waals surface area contributed by atoms with E-state index in [1.54, 1.807) is 4.90 Å². The minimum Gasteiger partial charge on any atom is -0.354 e. The Hall–Kier alpha value is -2.37. The van der Waals surface area contributed by atoms with Crippen molar-refractivity contribution < 1.29 is 14.4 Å². The van der Waals surface area contributed by atoms with E-state index in [1.807, 2.05) is 30.3 Å². The lowest BCUT2D eigenvalue weighted by Crippen LogP contribution is -2.38. The summed E-state index contributed by atoms with van der Waals surface area (Å²) in [6.07, 6.45) is 6.91. The van der Waals surface area contributed by atoms with Gasteiger partial charge in [0.05, 0.1) is 5.92 Å². The van der Waals surface area contributed by atoms with Crippen LogP contribution in [0, 0.1) is 11.8 Å². The zero-order valence-corrected chi connectivity index (χ0v) is 16.5. The molecule has 3 rings (SSSR count). The Kier molecular flexibility index (Phi) is 7.46. The van der Waals surface area contributed by atoms with Crippen molar-refractivity contribution in [3.63, 3.8) is 0 Å². The number of carbonyl (C=O) groups is 3. The van der Waals surface area contributed by atoms with Crippen LogP contribution in [-0.4, -0.2) is 42.3 Å². The molecule has 1 saturated heterocycles. The lowest BCUT2D eigenvalue weighted by molar-refractivity contribution is -0.129. The Morgan fingerprint density at radius 1 is 1.00 bits per heavy atom. The highest BCUT2D eigenvalue weighted by molar-refractivity contribution is 5.89. The van der Waals surface area contributed by atoms with Gasteiger partial charge in [-0.2, -0.15) is 0 Å². The van der Waals surface area contributed by atoms with Crippen molar-refractivity contribution in [2.45, 2.75) is 51.5 Å². The third kappa shape index (κ3) is 6.08. The molecule has 1 aromatic carbocycles. The monoisotopic (exact) mass is 385 g/mol. The summed E-state index contributed by atoms with van der Waals surface area (Å²) in [6, 6.07) is 9.80.